The van der Waals surface area contributed by atoms with E-state index in [4.69, 9.17) is 0 Å². The number of hydrogen-bond donors (Lipinski definition) is 2. The fourth-order valence-electron chi connectivity index (χ4n) is 2.91. The van der Waals surface area contributed by atoms with Crippen molar-refractivity contribution in [3.05, 3.63) is 29.3 Å². The van der Waals surface area contributed by atoms with Crippen molar-refractivity contribution in [1.29, 1.82) is 0 Å². The molecule has 1 aromatic carbocycles. The van der Waals surface area contributed by atoms with Gasteiger partial charge in [0, 0.05) is 18.3 Å². The molecule has 3 amide bonds. The molecule has 0 aliphatic carbocycles. The van der Waals surface area contributed by atoms with Crippen LogP contribution in [-0.4, -0.2) is 35.5 Å². The number of carbonyl (C=O) groups is 2. The van der Waals surface area contributed by atoms with Crippen LogP contribution in [-0.2, 0) is 4.79 Å². The second kappa shape index (κ2) is 6.81. The molecule has 0 saturated carbocycles. The number of rotatable bonds is 3. The summed E-state index contributed by atoms with van der Waals surface area (Å²) in [5.41, 5.74) is 2.98. The molecule has 2 rings (SSSR count). The summed E-state index contributed by atoms with van der Waals surface area (Å²) in [6.07, 6.45) is 1.58. The fraction of sp³-hybridized carbons (Fsp3) is 0.529. The number of aryl methyl sites for hydroxylation is 2. The number of amides is 3. The summed E-state index contributed by atoms with van der Waals surface area (Å²) >= 11 is 0. The van der Waals surface area contributed by atoms with E-state index in [-0.39, 0.29) is 24.0 Å². The zero-order chi connectivity index (χ0) is 16.3. The quantitative estimate of drug-likeness (QED) is 0.902. The van der Waals surface area contributed by atoms with Crippen LogP contribution >= 0.6 is 0 Å². The minimum atomic E-state index is -0.367. The number of likely N-dealkylation sites (tertiary alicyclic amines) is 1. The molecule has 1 aromatic rings. The molecule has 1 aliphatic heterocycles. The summed E-state index contributed by atoms with van der Waals surface area (Å²) < 4.78 is 0. The third-order valence-corrected chi connectivity index (χ3v) is 3.72. The first-order chi connectivity index (χ1) is 10.4. The lowest BCUT2D eigenvalue weighted by Gasteiger charge is -2.25. The van der Waals surface area contributed by atoms with E-state index < -0.39 is 0 Å². The predicted molar refractivity (Wildman–Crippen MR) is 87.9 cm³/mol. The number of nitrogens with one attached hydrogen (secondary N) is 2. The molecule has 0 bridgehead atoms. The second-order valence-electron chi connectivity index (χ2n) is 6.32. The molecule has 0 aromatic heterocycles. The largest absolute Gasteiger partial charge is 0.352 e. The molecule has 1 fully saturated rings. The highest BCUT2D eigenvalue weighted by molar-refractivity contribution is 5.94. The van der Waals surface area contributed by atoms with Crippen LogP contribution in [0.2, 0.25) is 0 Å². The Labute approximate surface area is 132 Å². The molecular formula is C17H25N3O2. The van der Waals surface area contributed by atoms with Gasteiger partial charge in [0.2, 0.25) is 5.91 Å². The van der Waals surface area contributed by atoms with Crippen LogP contribution in [0.4, 0.5) is 10.5 Å². The van der Waals surface area contributed by atoms with E-state index in [1.807, 2.05) is 39.8 Å². The topological polar surface area (TPSA) is 61.4 Å². The molecule has 0 radical (unpaired) electrons. The van der Waals surface area contributed by atoms with Gasteiger partial charge in [0.25, 0.3) is 0 Å². The molecule has 1 aliphatic rings. The van der Waals surface area contributed by atoms with Crippen molar-refractivity contribution in [2.24, 2.45) is 0 Å². The maximum atomic E-state index is 12.5. The van der Waals surface area contributed by atoms with Crippen molar-refractivity contribution in [2.45, 2.75) is 52.6 Å². The van der Waals surface area contributed by atoms with E-state index >= 15 is 0 Å². The van der Waals surface area contributed by atoms with Crippen LogP contribution < -0.4 is 10.6 Å². The molecule has 2 N–H and O–H groups in total. The standard InChI is InChI=1S/C17H25N3O2/c1-11(2)18-16(21)15-6-5-7-20(15)17(22)19-14-9-12(3)8-13(4)10-14/h8-11,15H,5-7H2,1-4H3,(H,18,21)(H,19,22). The van der Waals surface area contributed by atoms with Gasteiger partial charge in [0.05, 0.1) is 0 Å². The SMILES string of the molecule is Cc1cc(C)cc(NC(=O)N2CCCC2C(=O)NC(C)C)c1. The highest BCUT2D eigenvalue weighted by Gasteiger charge is 2.34. The minimum Gasteiger partial charge on any atom is -0.352 e. The number of nitrogens with zero attached hydrogens (tertiary/aromatic N) is 1. The van der Waals surface area contributed by atoms with Gasteiger partial charge in [-0.05, 0) is 63.8 Å². The molecular weight excluding hydrogens is 278 g/mol. The Morgan fingerprint density at radius 3 is 2.41 bits per heavy atom. The molecule has 1 atom stereocenters. The Hall–Kier alpha value is -2.04. The average Bonchev–Trinajstić information content (AvgIpc) is 2.85. The van der Waals surface area contributed by atoms with Crippen LogP contribution in [0.25, 0.3) is 0 Å². The van der Waals surface area contributed by atoms with E-state index in [2.05, 4.69) is 16.7 Å². The number of benzene rings is 1. The van der Waals surface area contributed by atoms with Crippen molar-refractivity contribution in [1.82, 2.24) is 10.2 Å². The monoisotopic (exact) mass is 303 g/mol. The molecule has 1 unspecified atom stereocenters. The van der Waals surface area contributed by atoms with Crippen LogP contribution in [0.3, 0.4) is 0 Å². The fourth-order valence-corrected chi connectivity index (χ4v) is 2.91. The van der Waals surface area contributed by atoms with Crippen molar-refractivity contribution in [3.8, 4) is 0 Å². The summed E-state index contributed by atoms with van der Waals surface area (Å²) in [5.74, 6) is -0.0666. The van der Waals surface area contributed by atoms with Gasteiger partial charge in [-0.15, -0.1) is 0 Å². The van der Waals surface area contributed by atoms with E-state index in [1.54, 1.807) is 4.90 Å². The predicted octanol–water partition coefficient (Wildman–Crippen LogP) is 2.82. The Morgan fingerprint density at radius 2 is 1.82 bits per heavy atom. The average molecular weight is 303 g/mol. The maximum Gasteiger partial charge on any atom is 0.322 e. The van der Waals surface area contributed by atoms with Crippen molar-refractivity contribution in [3.63, 3.8) is 0 Å². The smallest absolute Gasteiger partial charge is 0.322 e. The third kappa shape index (κ3) is 4.00. The maximum absolute atomic E-state index is 12.5. The molecule has 1 saturated heterocycles. The molecule has 120 valence electrons. The molecule has 5 heteroatoms. The van der Waals surface area contributed by atoms with E-state index in [0.717, 1.165) is 29.7 Å². The van der Waals surface area contributed by atoms with Gasteiger partial charge in [-0.2, -0.15) is 0 Å². The normalized spacial score (nSPS) is 17.7. The lowest BCUT2D eigenvalue weighted by molar-refractivity contribution is -0.125. The van der Waals surface area contributed by atoms with Crippen LogP contribution in [0.1, 0.15) is 37.8 Å². The van der Waals surface area contributed by atoms with Gasteiger partial charge in [-0.25, -0.2) is 4.79 Å². The number of urea groups is 1. The summed E-state index contributed by atoms with van der Waals surface area (Å²) in [4.78, 5) is 26.3. The van der Waals surface area contributed by atoms with Crippen molar-refractivity contribution < 1.29 is 9.59 Å². The summed E-state index contributed by atoms with van der Waals surface area (Å²) in [6, 6.07) is 5.44. The van der Waals surface area contributed by atoms with Crippen LogP contribution in [0.5, 0.6) is 0 Å². The number of hydrogen-bond acceptors (Lipinski definition) is 2. The van der Waals surface area contributed by atoms with Crippen LogP contribution in [0.15, 0.2) is 18.2 Å². The molecule has 22 heavy (non-hydrogen) atoms. The Bertz CT molecular complexity index is 549. The van der Waals surface area contributed by atoms with E-state index in [9.17, 15) is 9.59 Å². The van der Waals surface area contributed by atoms with E-state index in [1.165, 1.54) is 0 Å². The van der Waals surface area contributed by atoms with Gasteiger partial charge < -0.3 is 15.5 Å². The lowest BCUT2D eigenvalue weighted by Crippen LogP contribution is -2.48. The highest BCUT2D eigenvalue weighted by atomic mass is 16.2. The Kier molecular flexibility index (Phi) is 5.06. The second-order valence-corrected chi connectivity index (χ2v) is 6.32. The van der Waals surface area contributed by atoms with Crippen molar-refractivity contribution in [2.75, 3.05) is 11.9 Å². The number of anilines is 1. The first-order valence-electron chi connectivity index (χ1n) is 7.83. The van der Waals surface area contributed by atoms with Gasteiger partial charge >= 0.3 is 6.03 Å². The molecule has 5 nitrogen and oxygen atoms in total. The van der Waals surface area contributed by atoms with Crippen LogP contribution in [0, 0.1) is 13.8 Å². The summed E-state index contributed by atoms with van der Waals surface area (Å²) in [6.45, 7) is 8.46. The minimum absolute atomic E-state index is 0.0666. The first kappa shape index (κ1) is 16.3. The Morgan fingerprint density at radius 1 is 1.18 bits per heavy atom. The third-order valence-electron chi connectivity index (χ3n) is 3.72. The summed E-state index contributed by atoms with van der Waals surface area (Å²) in [7, 11) is 0. The number of carbonyl (C=O) groups excluding carboxylic acids is 2. The van der Waals surface area contributed by atoms with Gasteiger partial charge in [0.15, 0.2) is 0 Å². The first-order valence-corrected chi connectivity index (χ1v) is 7.83. The Balaban J connectivity index is 2.06. The highest BCUT2D eigenvalue weighted by Crippen LogP contribution is 2.20. The molecule has 1 heterocycles. The van der Waals surface area contributed by atoms with E-state index in [0.29, 0.717) is 6.54 Å². The van der Waals surface area contributed by atoms with Gasteiger partial charge in [-0.3, -0.25) is 4.79 Å². The van der Waals surface area contributed by atoms with Gasteiger partial charge in [-0.1, -0.05) is 6.07 Å². The zero-order valence-electron chi connectivity index (χ0n) is 13.8. The summed E-state index contributed by atoms with van der Waals surface area (Å²) in [5, 5.41) is 5.80. The zero-order valence-corrected chi connectivity index (χ0v) is 13.8. The van der Waals surface area contributed by atoms with Crippen molar-refractivity contribution >= 4 is 17.6 Å². The van der Waals surface area contributed by atoms with Gasteiger partial charge in [0.1, 0.15) is 6.04 Å². The lowest BCUT2D eigenvalue weighted by atomic mass is 10.1. The molecule has 0 spiro atoms.